The molecule has 1 aromatic carbocycles. The van der Waals surface area contributed by atoms with Gasteiger partial charge in [-0.15, -0.1) is 0 Å². The van der Waals surface area contributed by atoms with Crippen LogP contribution in [0.5, 0.6) is 11.5 Å². The van der Waals surface area contributed by atoms with Crippen molar-refractivity contribution >= 4 is 17.5 Å². The van der Waals surface area contributed by atoms with E-state index in [1.807, 2.05) is 0 Å². The van der Waals surface area contributed by atoms with E-state index in [-0.39, 0.29) is 24.4 Å². The van der Waals surface area contributed by atoms with Crippen molar-refractivity contribution in [2.45, 2.75) is 12.5 Å². The molecule has 1 saturated heterocycles. The van der Waals surface area contributed by atoms with E-state index in [9.17, 15) is 9.18 Å². The molecule has 0 radical (unpaired) electrons. The maximum absolute atomic E-state index is 13.5. The zero-order chi connectivity index (χ0) is 16.9. The highest BCUT2D eigenvalue weighted by Crippen LogP contribution is 2.25. The molecule has 0 N–H and O–H groups in total. The molecule has 0 saturated carbocycles. The summed E-state index contributed by atoms with van der Waals surface area (Å²) < 4.78 is 24.5. The zero-order valence-electron chi connectivity index (χ0n) is 12.8. The number of carbonyl (C=O) groups is 1. The van der Waals surface area contributed by atoms with Crippen LogP contribution in [0.3, 0.4) is 0 Å². The highest BCUT2D eigenvalue weighted by Gasteiger charge is 2.28. The molecule has 1 amide bonds. The standard InChI is InChI=1S/C17H16ClFN2O3/c18-13-9-20-7-5-15(13)24-12-6-8-21(10-12)17(22)11-23-16-4-2-1-3-14(16)19/h1-5,7,9,12H,6,8,10-11H2/t12-/m0/s1. The third-order valence-corrected chi connectivity index (χ3v) is 4.00. The van der Waals surface area contributed by atoms with Crippen molar-refractivity contribution in [3.05, 3.63) is 53.6 Å². The fourth-order valence-electron chi connectivity index (χ4n) is 2.48. The minimum Gasteiger partial charge on any atom is -0.487 e. The van der Waals surface area contributed by atoms with Crippen molar-refractivity contribution in [2.24, 2.45) is 0 Å². The van der Waals surface area contributed by atoms with Gasteiger partial charge in [0.25, 0.3) is 5.91 Å². The molecule has 5 nitrogen and oxygen atoms in total. The number of ether oxygens (including phenoxy) is 2. The van der Waals surface area contributed by atoms with Crippen molar-refractivity contribution in [3.63, 3.8) is 0 Å². The summed E-state index contributed by atoms with van der Waals surface area (Å²) in [4.78, 5) is 17.7. The van der Waals surface area contributed by atoms with Crippen LogP contribution in [0.1, 0.15) is 6.42 Å². The molecule has 24 heavy (non-hydrogen) atoms. The number of para-hydroxylation sites is 1. The summed E-state index contributed by atoms with van der Waals surface area (Å²) in [7, 11) is 0. The molecule has 1 aliphatic heterocycles. The quantitative estimate of drug-likeness (QED) is 0.832. The van der Waals surface area contributed by atoms with Crippen LogP contribution in [0.2, 0.25) is 5.02 Å². The average molecular weight is 351 g/mol. The fourth-order valence-corrected chi connectivity index (χ4v) is 2.64. The van der Waals surface area contributed by atoms with Gasteiger partial charge in [0.15, 0.2) is 18.2 Å². The molecule has 1 atom stereocenters. The minimum atomic E-state index is -0.486. The maximum atomic E-state index is 13.5. The first-order valence-corrected chi connectivity index (χ1v) is 7.92. The van der Waals surface area contributed by atoms with E-state index in [2.05, 4.69) is 4.98 Å². The second-order valence-electron chi connectivity index (χ2n) is 5.39. The largest absolute Gasteiger partial charge is 0.487 e. The van der Waals surface area contributed by atoms with Gasteiger partial charge in [0.05, 0.1) is 6.54 Å². The smallest absolute Gasteiger partial charge is 0.260 e. The minimum absolute atomic E-state index is 0.0708. The SMILES string of the molecule is O=C(COc1ccccc1F)N1CC[C@H](Oc2ccncc2Cl)C1. The lowest BCUT2D eigenvalue weighted by molar-refractivity contribution is -0.132. The third kappa shape index (κ3) is 3.94. The number of carbonyl (C=O) groups excluding carboxylic acids is 1. The summed E-state index contributed by atoms with van der Waals surface area (Å²) in [6.45, 7) is 0.800. The van der Waals surface area contributed by atoms with Crippen molar-refractivity contribution in [1.29, 1.82) is 0 Å². The number of aromatic nitrogens is 1. The molecule has 2 aromatic rings. The van der Waals surface area contributed by atoms with Crippen LogP contribution >= 0.6 is 11.6 Å². The molecule has 0 aliphatic carbocycles. The van der Waals surface area contributed by atoms with E-state index in [4.69, 9.17) is 21.1 Å². The molecule has 1 aromatic heterocycles. The normalized spacial score (nSPS) is 16.9. The van der Waals surface area contributed by atoms with Crippen molar-refractivity contribution in [2.75, 3.05) is 19.7 Å². The molecule has 126 valence electrons. The Morgan fingerprint density at radius 3 is 2.96 bits per heavy atom. The summed E-state index contributed by atoms with van der Waals surface area (Å²) in [6.07, 6.45) is 3.67. The Bertz CT molecular complexity index is 728. The van der Waals surface area contributed by atoms with Crippen LogP contribution in [0.25, 0.3) is 0 Å². The van der Waals surface area contributed by atoms with Crippen LogP contribution in [0, 0.1) is 5.82 Å². The Balaban J connectivity index is 1.51. The molecular weight excluding hydrogens is 335 g/mol. The molecule has 1 aliphatic rings. The van der Waals surface area contributed by atoms with E-state index in [0.717, 1.165) is 0 Å². The van der Waals surface area contributed by atoms with E-state index in [1.54, 1.807) is 29.3 Å². The molecule has 0 unspecified atom stereocenters. The molecule has 2 heterocycles. The molecule has 7 heteroatoms. The number of amides is 1. The number of likely N-dealkylation sites (tertiary alicyclic amines) is 1. The summed E-state index contributed by atoms with van der Waals surface area (Å²) in [5, 5.41) is 0.435. The zero-order valence-corrected chi connectivity index (χ0v) is 13.6. The molecule has 3 rings (SSSR count). The number of hydrogen-bond donors (Lipinski definition) is 0. The highest BCUT2D eigenvalue weighted by molar-refractivity contribution is 6.31. The summed E-state index contributed by atoms with van der Waals surface area (Å²) in [5.74, 6) is -0.0691. The predicted molar refractivity (Wildman–Crippen MR) is 86.8 cm³/mol. The van der Waals surface area contributed by atoms with Gasteiger partial charge in [-0.05, 0) is 12.1 Å². The predicted octanol–water partition coefficient (Wildman–Crippen LogP) is 2.93. The van der Waals surface area contributed by atoms with Gasteiger partial charge in [-0.25, -0.2) is 4.39 Å². The number of halogens is 2. The Kier molecular flexibility index (Phi) is 5.15. The van der Waals surface area contributed by atoms with Crippen molar-refractivity contribution in [3.8, 4) is 11.5 Å². The van der Waals surface area contributed by atoms with E-state index >= 15 is 0 Å². The van der Waals surface area contributed by atoms with E-state index in [1.165, 1.54) is 18.3 Å². The number of nitrogens with zero attached hydrogens (tertiary/aromatic N) is 2. The van der Waals surface area contributed by atoms with Crippen LogP contribution in [0.4, 0.5) is 4.39 Å². The highest BCUT2D eigenvalue weighted by atomic mass is 35.5. The molecule has 0 spiro atoms. The lowest BCUT2D eigenvalue weighted by Gasteiger charge is -2.18. The number of rotatable bonds is 5. The van der Waals surface area contributed by atoms with Gasteiger partial charge in [-0.3, -0.25) is 9.78 Å². The van der Waals surface area contributed by atoms with Crippen LogP contribution < -0.4 is 9.47 Å². The number of benzene rings is 1. The van der Waals surface area contributed by atoms with Crippen LogP contribution in [-0.2, 0) is 4.79 Å². The topological polar surface area (TPSA) is 51.7 Å². The lowest BCUT2D eigenvalue weighted by Crippen LogP contribution is -2.34. The Morgan fingerprint density at radius 1 is 1.33 bits per heavy atom. The van der Waals surface area contributed by atoms with Crippen LogP contribution in [-0.4, -0.2) is 41.6 Å². The summed E-state index contributed by atoms with van der Waals surface area (Å²) in [6, 6.07) is 7.69. The maximum Gasteiger partial charge on any atom is 0.260 e. The van der Waals surface area contributed by atoms with Gasteiger partial charge in [0.2, 0.25) is 0 Å². The fraction of sp³-hybridized carbons (Fsp3) is 0.294. The van der Waals surface area contributed by atoms with E-state index < -0.39 is 5.82 Å². The number of hydrogen-bond acceptors (Lipinski definition) is 4. The van der Waals surface area contributed by atoms with Gasteiger partial charge in [0.1, 0.15) is 16.9 Å². The second kappa shape index (κ2) is 7.49. The second-order valence-corrected chi connectivity index (χ2v) is 5.80. The summed E-state index contributed by atoms with van der Waals surface area (Å²) in [5.41, 5.74) is 0. The number of pyridine rings is 1. The lowest BCUT2D eigenvalue weighted by atomic mass is 10.3. The molecule has 1 fully saturated rings. The molecule has 0 bridgehead atoms. The monoisotopic (exact) mass is 350 g/mol. The Labute approximate surface area is 144 Å². The van der Waals surface area contributed by atoms with Crippen molar-refractivity contribution in [1.82, 2.24) is 9.88 Å². The Hall–Kier alpha value is -2.34. The van der Waals surface area contributed by atoms with Gasteiger partial charge in [-0.1, -0.05) is 23.7 Å². The Morgan fingerprint density at radius 2 is 2.17 bits per heavy atom. The van der Waals surface area contributed by atoms with Gasteiger partial charge >= 0.3 is 0 Å². The van der Waals surface area contributed by atoms with Gasteiger partial charge in [0, 0.05) is 31.4 Å². The van der Waals surface area contributed by atoms with Gasteiger partial charge in [-0.2, -0.15) is 0 Å². The first-order chi connectivity index (χ1) is 11.6. The molecular formula is C17H16ClFN2O3. The first-order valence-electron chi connectivity index (χ1n) is 7.55. The summed E-state index contributed by atoms with van der Waals surface area (Å²) >= 11 is 6.01. The van der Waals surface area contributed by atoms with Crippen molar-refractivity contribution < 1.29 is 18.7 Å². The van der Waals surface area contributed by atoms with Gasteiger partial charge < -0.3 is 14.4 Å². The third-order valence-electron chi connectivity index (χ3n) is 3.71. The van der Waals surface area contributed by atoms with Crippen LogP contribution in [0.15, 0.2) is 42.7 Å². The van der Waals surface area contributed by atoms with E-state index in [0.29, 0.717) is 30.3 Å². The average Bonchev–Trinajstić information content (AvgIpc) is 3.05. The first kappa shape index (κ1) is 16.5.